The summed E-state index contributed by atoms with van der Waals surface area (Å²) in [6.07, 6.45) is 6.17. The number of nitrogens with zero attached hydrogens (tertiary/aromatic N) is 2. The fourth-order valence-electron chi connectivity index (χ4n) is 2.81. The first-order chi connectivity index (χ1) is 7.45. The van der Waals surface area contributed by atoms with Gasteiger partial charge in [0.15, 0.2) is 0 Å². The molecule has 1 aromatic rings. The van der Waals surface area contributed by atoms with Crippen LogP contribution in [0.25, 0.3) is 0 Å². The average molecular weight is 223 g/mol. The molecule has 0 spiro atoms. The van der Waals surface area contributed by atoms with Gasteiger partial charge in [-0.1, -0.05) is 6.42 Å². The van der Waals surface area contributed by atoms with Crippen molar-refractivity contribution in [1.82, 2.24) is 15.2 Å². The molecule has 2 saturated heterocycles. The highest BCUT2D eigenvalue weighted by molar-refractivity contribution is 7.09. The molecule has 3 nitrogen and oxygen atoms in total. The van der Waals surface area contributed by atoms with Crippen LogP contribution in [-0.4, -0.2) is 35.6 Å². The minimum atomic E-state index is 0.580. The second kappa shape index (κ2) is 4.20. The molecule has 82 valence electrons. The van der Waals surface area contributed by atoms with Gasteiger partial charge in [0.1, 0.15) is 0 Å². The summed E-state index contributed by atoms with van der Waals surface area (Å²) < 4.78 is 0. The van der Waals surface area contributed by atoms with Crippen LogP contribution >= 0.6 is 11.3 Å². The molecule has 0 radical (unpaired) electrons. The van der Waals surface area contributed by atoms with Crippen molar-refractivity contribution in [3.63, 3.8) is 0 Å². The first-order valence-corrected chi connectivity index (χ1v) is 6.68. The maximum Gasteiger partial charge on any atom is 0.0794 e. The summed E-state index contributed by atoms with van der Waals surface area (Å²) in [5.41, 5.74) is 1.95. The van der Waals surface area contributed by atoms with E-state index in [2.05, 4.69) is 15.2 Å². The minimum Gasteiger partial charge on any atom is -0.313 e. The predicted octanol–water partition coefficient (Wildman–Crippen LogP) is 1.64. The van der Waals surface area contributed by atoms with E-state index in [4.69, 9.17) is 0 Å². The van der Waals surface area contributed by atoms with Gasteiger partial charge in [-0.15, -0.1) is 11.3 Å². The third-order valence-corrected chi connectivity index (χ3v) is 4.45. The molecular weight excluding hydrogens is 206 g/mol. The highest BCUT2D eigenvalue weighted by atomic mass is 32.1. The zero-order valence-electron chi connectivity index (χ0n) is 8.85. The number of piperidine rings is 1. The topological polar surface area (TPSA) is 28.2 Å². The Morgan fingerprint density at radius 2 is 2.40 bits per heavy atom. The maximum absolute atomic E-state index is 4.20. The second-order valence-corrected chi connectivity index (χ2v) is 5.38. The summed E-state index contributed by atoms with van der Waals surface area (Å²) in [5, 5.41) is 3.56. The number of thiazole rings is 1. The van der Waals surface area contributed by atoms with E-state index in [0.717, 1.165) is 12.6 Å². The molecule has 2 aliphatic heterocycles. The van der Waals surface area contributed by atoms with E-state index in [1.165, 1.54) is 37.2 Å². The van der Waals surface area contributed by atoms with E-state index in [0.29, 0.717) is 6.04 Å². The lowest BCUT2D eigenvalue weighted by molar-refractivity contribution is 0.0659. The summed E-state index contributed by atoms with van der Waals surface area (Å²) in [4.78, 5) is 8.31. The van der Waals surface area contributed by atoms with Crippen LogP contribution in [0, 0.1) is 0 Å². The molecule has 0 bridgehead atoms. The number of nitrogens with one attached hydrogen (secondary N) is 1. The number of aromatic nitrogens is 1. The van der Waals surface area contributed by atoms with Crippen LogP contribution in [0.3, 0.4) is 0 Å². The number of hydrogen-bond acceptors (Lipinski definition) is 4. The third kappa shape index (κ3) is 1.82. The van der Waals surface area contributed by atoms with E-state index in [1.807, 2.05) is 11.7 Å². The quantitative estimate of drug-likeness (QED) is 0.784. The summed E-state index contributed by atoms with van der Waals surface area (Å²) >= 11 is 1.79. The molecule has 4 heteroatoms. The standard InChI is InChI=1S/C11H17N3S/c1-2-4-14-9(3-1)5-12-6-10(14)11-7-13-8-15-11/h7-10,12H,1-6H2. The molecular formula is C11H17N3S. The van der Waals surface area contributed by atoms with Crippen molar-refractivity contribution in [3.05, 3.63) is 16.6 Å². The molecule has 2 fully saturated rings. The molecule has 0 amide bonds. The van der Waals surface area contributed by atoms with Crippen molar-refractivity contribution in [3.8, 4) is 0 Å². The first kappa shape index (κ1) is 9.75. The summed E-state index contributed by atoms with van der Waals surface area (Å²) in [6.45, 7) is 3.54. The largest absolute Gasteiger partial charge is 0.313 e. The zero-order chi connectivity index (χ0) is 10.1. The van der Waals surface area contributed by atoms with E-state index < -0.39 is 0 Å². The summed E-state index contributed by atoms with van der Waals surface area (Å²) in [5.74, 6) is 0. The third-order valence-electron chi connectivity index (χ3n) is 3.57. The Hall–Kier alpha value is -0.450. The fourth-order valence-corrected chi connectivity index (χ4v) is 3.55. The van der Waals surface area contributed by atoms with Crippen molar-refractivity contribution in [2.75, 3.05) is 19.6 Å². The lowest BCUT2D eigenvalue weighted by Crippen LogP contribution is -2.54. The van der Waals surface area contributed by atoms with E-state index in [1.54, 1.807) is 11.3 Å². The van der Waals surface area contributed by atoms with Crippen LogP contribution in [0.1, 0.15) is 30.2 Å². The fraction of sp³-hybridized carbons (Fsp3) is 0.727. The number of hydrogen-bond donors (Lipinski definition) is 1. The van der Waals surface area contributed by atoms with Crippen molar-refractivity contribution >= 4 is 11.3 Å². The van der Waals surface area contributed by atoms with Crippen LogP contribution < -0.4 is 5.32 Å². The van der Waals surface area contributed by atoms with Gasteiger partial charge < -0.3 is 5.32 Å². The van der Waals surface area contributed by atoms with Gasteiger partial charge >= 0.3 is 0 Å². The van der Waals surface area contributed by atoms with Gasteiger partial charge in [0, 0.05) is 30.2 Å². The Morgan fingerprint density at radius 3 is 3.27 bits per heavy atom. The molecule has 2 atom stereocenters. The first-order valence-electron chi connectivity index (χ1n) is 5.80. The monoisotopic (exact) mass is 223 g/mol. The lowest BCUT2D eigenvalue weighted by atomic mass is 9.96. The highest BCUT2D eigenvalue weighted by Crippen LogP contribution is 2.31. The van der Waals surface area contributed by atoms with Gasteiger partial charge in [0.25, 0.3) is 0 Å². The molecule has 3 rings (SSSR count). The average Bonchev–Trinajstić information content (AvgIpc) is 2.82. The maximum atomic E-state index is 4.20. The van der Waals surface area contributed by atoms with E-state index >= 15 is 0 Å². The van der Waals surface area contributed by atoms with E-state index in [9.17, 15) is 0 Å². The van der Waals surface area contributed by atoms with Crippen molar-refractivity contribution in [2.24, 2.45) is 0 Å². The van der Waals surface area contributed by atoms with Crippen LogP contribution in [0.5, 0.6) is 0 Å². The van der Waals surface area contributed by atoms with Crippen LogP contribution in [0.4, 0.5) is 0 Å². The Morgan fingerprint density at radius 1 is 1.40 bits per heavy atom. The zero-order valence-corrected chi connectivity index (χ0v) is 9.67. The Kier molecular flexibility index (Phi) is 2.73. The Labute approximate surface area is 94.5 Å². The SMILES string of the molecule is c1ncc(C2CNCC3CCCCN32)s1. The van der Waals surface area contributed by atoms with Gasteiger partial charge in [-0.3, -0.25) is 9.88 Å². The molecule has 1 N–H and O–H groups in total. The van der Waals surface area contributed by atoms with Crippen LogP contribution in [0.15, 0.2) is 11.7 Å². The van der Waals surface area contributed by atoms with Gasteiger partial charge in [-0.05, 0) is 19.4 Å². The summed E-state index contributed by atoms with van der Waals surface area (Å²) in [7, 11) is 0. The minimum absolute atomic E-state index is 0.580. The van der Waals surface area contributed by atoms with E-state index in [-0.39, 0.29) is 0 Å². The number of fused-ring (bicyclic) bond motifs is 1. The molecule has 0 saturated carbocycles. The second-order valence-electron chi connectivity index (χ2n) is 4.47. The van der Waals surface area contributed by atoms with Gasteiger partial charge in [-0.25, -0.2) is 0 Å². The Balaban J connectivity index is 1.82. The molecule has 3 heterocycles. The molecule has 1 aromatic heterocycles. The predicted molar refractivity (Wildman–Crippen MR) is 62.1 cm³/mol. The normalized spacial score (nSPS) is 32.5. The van der Waals surface area contributed by atoms with Crippen molar-refractivity contribution < 1.29 is 0 Å². The van der Waals surface area contributed by atoms with Gasteiger partial charge in [0.05, 0.1) is 11.6 Å². The molecule has 2 aliphatic rings. The highest BCUT2D eigenvalue weighted by Gasteiger charge is 2.33. The number of rotatable bonds is 1. The number of piperazine rings is 1. The molecule has 2 unspecified atom stereocenters. The summed E-state index contributed by atoms with van der Waals surface area (Å²) in [6, 6.07) is 1.34. The van der Waals surface area contributed by atoms with Crippen molar-refractivity contribution in [1.29, 1.82) is 0 Å². The van der Waals surface area contributed by atoms with Crippen LogP contribution in [0.2, 0.25) is 0 Å². The van der Waals surface area contributed by atoms with Crippen molar-refractivity contribution in [2.45, 2.75) is 31.3 Å². The molecule has 0 aliphatic carbocycles. The van der Waals surface area contributed by atoms with Gasteiger partial charge in [-0.2, -0.15) is 0 Å². The van der Waals surface area contributed by atoms with Crippen LogP contribution in [-0.2, 0) is 0 Å². The smallest absolute Gasteiger partial charge is 0.0794 e. The molecule has 0 aromatic carbocycles. The Bertz CT molecular complexity index is 310. The lowest BCUT2D eigenvalue weighted by Gasteiger charge is -2.44. The van der Waals surface area contributed by atoms with Gasteiger partial charge in [0.2, 0.25) is 0 Å². The molecule has 15 heavy (non-hydrogen) atoms.